The third kappa shape index (κ3) is 2.19. The van der Waals surface area contributed by atoms with Gasteiger partial charge in [-0.1, -0.05) is 35.4 Å². The van der Waals surface area contributed by atoms with E-state index < -0.39 is 15.6 Å². The molecule has 0 aliphatic rings. The fraction of sp³-hybridized carbons (Fsp3) is 0.0833. The monoisotopic (exact) mass is 283 g/mol. The number of aromatic nitrogens is 1. The van der Waals surface area contributed by atoms with E-state index in [-0.39, 0.29) is 10.0 Å². The predicted octanol–water partition coefficient (Wildman–Crippen LogP) is 2.05. The zero-order valence-electron chi connectivity index (χ0n) is 9.50. The van der Waals surface area contributed by atoms with E-state index in [4.69, 9.17) is 11.6 Å². The first-order chi connectivity index (χ1) is 8.43. The van der Waals surface area contributed by atoms with Crippen molar-refractivity contribution in [3.63, 3.8) is 0 Å². The molecule has 0 saturated heterocycles. The van der Waals surface area contributed by atoms with Crippen LogP contribution in [0.4, 0.5) is 0 Å². The largest absolute Gasteiger partial charge is 0.271 e. The van der Waals surface area contributed by atoms with Crippen LogP contribution in [0.15, 0.2) is 52.2 Å². The zero-order chi connectivity index (χ0) is 13.3. The van der Waals surface area contributed by atoms with Crippen molar-refractivity contribution in [1.29, 1.82) is 0 Å². The SMILES string of the molecule is Cc1ccc(S(=O)(=O)n2c(Cl)cccc2=O)cc1. The summed E-state index contributed by atoms with van der Waals surface area (Å²) >= 11 is 5.78. The van der Waals surface area contributed by atoms with Gasteiger partial charge >= 0.3 is 0 Å². The molecule has 0 radical (unpaired) electrons. The van der Waals surface area contributed by atoms with Gasteiger partial charge < -0.3 is 0 Å². The Hall–Kier alpha value is -1.59. The van der Waals surface area contributed by atoms with Crippen molar-refractivity contribution in [2.45, 2.75) is 11.8 Å². The van der Waals surface area contributed by atoms with Crippen molar-refractivity contribution in [3.05, 3.63) is 63.5 Å². The van der Waals surface area contributed by atoms with Gasteiger partial charge in [0, 0.05) is 6.07 Å². The Balaban J connectivity index is 2.70. The Labute approximate surface area is 110 Å². The summed E-state index contributed by atoms with van der Waals surface area (Å²) < 4.78 is 25.1. The van der Waals surface area contributed by atoms with Gasteiger partial charge in [-0.25, -0.2) is 8.42 Å². The molecular weight excluding hydrogens is 274 g/mol. The number of benzene rings is 1. The number of rotatable bonds is 2. The summed E-state index contributed by atoms with van der Waals surface area (Å²) in [5.74, 6) is 0. The van der Waals surface area contributed by atoms with Gasteiger partial charge in [0.1, 0.15) is 5.15 Å². The summed E-state index contributed by atoms with van der Waals surface area (Å²) in [6.45, 7) is 1.85. The molecule has 0 unspecified atom stereocenters. The lowest BCUT2D eigenvalue weighted by atomic mass is 10.2. The van der Waals surface area contributed by atoms with Gasteiger partial charge in [0.15, 0.2) is 0 Å². The van der Waals surface area contributed by atoms with Crippen LogP contribution in [0.5, 0.6) is 0 Å². The molecule has 0 atom stereocenters. The molecule has 1 aromatic heterocycles. The van der Waals surface area contributed by atoms with E-state index >= 15 is 0 Å². The van der Waals surface area contributed by atoms with Crippen molar-refractivity contribution < 1.29 is 8.42 Å². The highest BCUT2D eigenvalue weighted by atomic mass is 35.5. The predicted molar refractivity (Wildman–Crippen MR) is 69.5 cm³/mol. The van der Waals surface area contributed by atoms with E-state index in [1.807, 2.05) is 6.92 Å². The van der Waals surface area contributed by atoms with Crippen LogP contribution < -0.4 is 5.56 Å². The molecule has 0 aliphatic carbocycles. The molecule has 0 amide bonds. The van der Waals surface area contributed by atoms with E-state index in [1.54, 1.807) is 12.1 Å². The van der Waals surface area contributed by atoms with E-state index in [2.05, 4.69) is 0 Å². The van der Waals surface area contributed by atoms with Crippen LogP contribution in [0.25, 0.3) is 0 Å². The van der Waals surface area contributed by atoms with Crippen LogP contribution in [0.3, 0.4) is 0 Å². The Morgan fingerprint density at radius 1 is 1.06 bits per heavy atom. The minimum atomic E-state index is -3.94. The lowest BCUT2D eigenvalue weighted by molar-refractivity contribution is 0.585. The van der Waals surface area contributed by atoms with Crippen LogP contribution >= 0.6 is 11.6 Å². The van der Waals surface area contributed by atoms with Crippen LogP contribution in [-0.2, 0) is 10.0 Å². The van der Waals surface area contributed by atoms with E-state index in [1.165, 1.54) is 24.3 Å². The summed E-state index contributed by atoms with van der Waals surface area (Å²) in [5, 5.41) is -0.136. The Bertz CT molecular complexity index is 733. The molecular formula is C12H10ClNO3S. The quantitative estimate of drug-likeness (QED) is 0.793. The maximum Gasteiger partial charge on any atom is 0.271 e. The molecule has 0 fully saturated rings. The number of nitrogens with zero attached hydrogens (tertiary/aromatic N) is 1. The van der Waals surface area contributed by atoms with Crippen LogP contribution in [-0.4, -0.2) is 12.4 Å². The first-order valence-corrected chi connectivity index (χ1v) is 6.94. The van der Waals surface area contributed by atoms with Crippen molar-refractivity contribution >= 4 is 21.6 Å². The third-order valence-electron chi connectivity index (χ3n) is 2.43. The lowest BCUT2D eigenvalue weighted by Gasteiger charge is -2.09. The Morgan fingerprint density at radius 2 is 1.67 bits per heavy atom. The number of hydrogen-bond donors (Lipinski definition) is 0. The molecule has 2 rings (SSSR count). The summed E-state index contributed by atoms with van der Waals surface area (Å²) in [6, 6.07) is 10.1. The van der Waals surface area contributed by atoms with Gasteiger partial charge in [0.25, 0.3) is 15.6 Å². The van der Waals surface area contributed by atoms with Gasteiger partial charge in [-0.2, -0.15) is 3.97 Å². The second kappa shape index (κ2) is 4.59. The molecule has 0 saturated carbocycles. The van der Waals surface area contributed by atoms with E-state index in [9.17, 15) is 13.2 Å². The lowest BCUT2D eigenvalue weighted by Crippen LogP contribution is -2.27. The summed E-state index contributed by atoms with van der Waals surface area (Å²) in [5.41, 5.74) is 0.253. The normalized spacial score (nSPS) is 11.4. The van der Waals surface area contributed by atoms with Gasteiger partial charge in [-0.3, -0.25) is 4.79 Å². The first-order valence-electron chi connectivity index (χ1n) is 5.13. The first kappa shape index (κ1) is 12.9. The molecule has 1 heterocycles. The van der Waals surface area contributed by atoms with Gasteiger partial charge in [-0.05, 0) is 25.1 Å². The Kier molecular flexibility index (Phi) is 3.28. The van der Waals surface area contributed by atoms with Crippen LogP contribution in [0.2, 0.25) is 5.15 Å². The number of halogens is 1. The Morgan fingerprint density at radius 3 is 2.22 bits per heavy atom. The zero-order valence-corrected chi connectivity index (χ0v) is 11.1. The number of pyridine rings is 1. The average molecular weight is 284 g/mol. The number of hydrogen-bond acceptors (Lipinski definition) is 3. The van der Waals surface area contributed by atoms with Gasteiger partial charge in [-0.15, -0.1) is 0 Å². The molecule has 1 aromatic carbocycles. The van der Waals surface area contributed by atoms with Crippen molar-refractivity contribution in [3.8, 4) is 0 Å². The average Bonchev–Trinajstić information content (AvgIpc) is 2.29. The molecule has 0 bridgehead atoms. The fourth-order valence-corrected chi connectivity index (χ4v) is 3.21. The smallest absolute Gasteiger partial charge is 0.268 e. The van der Waals surface area contributed by atoms with Crippen molar-refractivity contribution in [2.24, 2.45) is 0 Å². The van der Waals surface area contributed by atoms with Crippen molar-refractivity contribution in [2.75, 3.05) is 0 Å². The van der Waals surface area contributed by atoms with Crippen molar-refractivity contribution in [1.82, 2.24) is 3.97 Å². The van der Waals surface area contributed by atoms with Gasteiger partial charge in [0.2, 0.25) is 0 Å². The molecule has 0 spiro atoms. The highest BCUT2D eigenvalue weighted by Crippen LogP contribution is 2.16. The summed E-state index contributed by atoms with van der Waals surface area (Å²) in [4.78, 5) is 11.7. The van der Waals surface area contributed by atoms with E-state index in [0.717, 1.165) is 11.6 Å². The second-order valence-electron chi connectivity index (χ2n) is 3.77. The minimum absolute atomic E-state index is 0.0308. The summed E-state index contributed by atoms with van der Waals surface area (Å²) in [7, 11) is -3.94. The van der Waals surface area contributed by atoms with Crippen LogP contribution in [0.1, 0.15) is 5.56 Å². The molecule has 4 nitrogen and oxygen atoms in total. The topological polar surface area (TPSA) is 56.1 Å². The summed E-state index contributed by atoms with van der Waals surface area (Å²) in [6.07, 6.45) is 0. The fourth-order valence-electron chi connectivity index (χ4n) is 1.50. The maximum atomic E-state index is 12.3. The third-order valence-corrected chi connectivity index (χ3v) is 4.55. The molecule has 18 heavy (non-hydrogen) atoms. The number of aryl methyl sites for hydroxylation is 1. The second-order valence-corrected chi connectivity index (χ2v) is 5.94. The molecule has 2 aromatic rings. The minimum Gasteiger partial charge on any atom is -0.268 e. The van der Waals surface area contributed by atoms with E-state index in [0.29, 0.717) is 3.97 Å². The van der Waals surface area contributed by atoms with Crippen LogP contribution in [0, 0.1) is 6.92 Å². The molecule has 94 valence electrons. The standard InChI is InChI=1S/C12H10ClNO3S/c1-9-5-7-10(8-6-9)18(16,17)14-11(13)3-2-4-12(14)15/h2-8H,1H3. The van der Waals surface area contributed by atoms with Gasteiger partial charge in [0.05, 0.1) is 4.90 Å². The highest BCUT2D eigenvalue weighted by molar-refractivity contribution is 7.90. The molecule has 6 heteroatoms. The molecule has 0 aliphatic heterocycles. The highest BCUT2D eigenvalue weighted by Gasteiger charge is 2.20. The maximum absolute atomic E-state index is 12.3. The molecule has 0 N–H and O–H groups in total.